The van der Waals surface area contributed by atoms with E-state index in [-0.39, 0.29) is 5.69 Å². The second-order valence-electron chi connectivity index (χ2n) is 7.37. The van der Waals surface area contributed by atoms with Gasteiger partial charge in [0.1, 0.15) is 5.76 Å². The lowest BCUT2D eigenvalue weighted by Gasteiger charge is -2.16. The number of fused-ring (bicyclic) bond motifs is 3. The molecule has 33 heavy (non-hydrogen) atoms. The summed E-state index contributed by atoms with van der Waals surface area (Å²) in [5, 5.41) is 31.8. The molecule has 0 spiro atoms. The maximum atomic E-state index is 11.1. The molecule has 168 valence electrons. The lowest BCUT2D eigenvalue weighted by molar-refractivity contribution is -0.991. The summed E-state index contributed by atoms with van der Waals surface area (Å²) >= 11 is 1.53. The number of nitrogens with zero attached hydrogens (tertiary/aromatic N) is 3. The highest BCUT2D eigenvalue weighted by Crippen LogP contribution is 2.40. The van der Waals surface area contributed by atoms with Crippen LogP contribution < -0.4 is 15.3 Å². The molecule has 0 saturated heterocycles. The zero-order valence-corrected chi connectivity index (χ0v) is 18.5. The summed E-state index contributed by atoms with van der Waals surface area (Å²) in [6.07, 6.45) is 0.363. The Balaban J connectivity index is 1.48. The van der Waals surface area contributed by atoms with Gasteiger partial charge in [-0.3, -0.25) is 0 Å². The smallest absolute Gasteiger partial charge is 0.247 e. The van der Waals surface area contributed by atoms with E-state index in [1.807, 2.05) is 36.4 Å². The van der Waals surface area contributed by atoms with Crippen LogP contribution in [0.3, 0.4) is 0 Å². The Morgan fingerprint density at radius 3 is 2.70 bits per heavy atom. The predicted molar refractivity (Wildman–Crippen MR) is 123 cm³/mol. The number of aromatic nitrogens is 3. The zero-order chi connectivity index (χ0) is 22.8. The molecule has 5 rings (SSSR count). The highest BCUT2D eigenvalue weighted by atomic mass is 32.2. The molecule has 1 aliphatic heterocycles. The third kappa shape index (κ3) is 4.41. The summed E-state index contributed by atoms with van der Waals surface area (Å²) in [6, 6.07) is 17.9. The first-order chi connectivity index (χ1) is 16.1. The molecule has 0 bridgehead atoms. The van der Waals surface area contributed by atoms with Crippen molar-refractivity contribution in [3.05, 3.63) is 71.6 Å². The van der Waals surface area contributed by atoms with Crippen LogP contribution >= 0.6 is 11.8 Å². The van der Waals surface area contributed by atoms with E-state index >= 15 is 0 Å². The second kappa shape index (κ2) is 9.20. The number of thioether (sulfide) groups is 1. The molecular formula is C23H21N5O4S. The molecule has 1 aliphatic rings. The van der Waals surface area contributed by atoms with E-state index in [1.54, 1.807) is 24.3 Å². The molecule has 2 aromatic carbocycles. The average Bonchev–Trinajstić information content (AvgIpc) is 3.27. The van der Waals surface area contributed by atoms with Gasteiger partial charge in [0.05, 0.1) is 0 Å². The highest BCUT2D eigenvalue weighted by molar-refractivity contribution is 7.99. The number of rotatable bonds is 6. The second-order valence-corrected chi connectivity index (χ2v) is 8.43. The maximum Gasteiger partial charge on any atom is 0.247 e. The van der Waals surface area contributed by atoms with Crippen LogP contribution in [0.15, 0.2) is 70.2 Å². The van der Waals surface area contributed by atoms with Crippen LogP contribution in [0.4, 0.5) is 11.4 Å². The van der Waals surface area contributed by atoms with E-state index < -0.39 is 11.5 Å². The molecular weight excluding hydrogens is 442 g/mol. The first kappa shape index (κ1) is 21.4. The number of nitrogens with one attached hydrogen (secondary N) is 2. The van der Waals surface area contributed by atoms with E-state index in [2.05, 4.69) is 27.4 Å². The van der Waals surface area contributed by atoms with E-state index in [0.717, 1.165) is 29.0 Å². The van der Waals surface area contributed by atoms with Crippen molar-refractivity contribution in [1.82, 2.24) is 15.2 Å². The number of furan rings is 1. The molecule has 4 aromatic rings. The van der Waals surface area contributed by atoms with Gasteiger partial charge in [0.25, 0.3) is 0 Å². The first-order valence-electron chi connectivity index (χ1n) is 10.5. The van der Waals surface area contributed by atoms with Crippen LogP contribution in [0, 0.1) is 5.21 Å². The molecule has 0 amide bonds. The van der Waals surface area contributed by atoms with Gasteiger partial charge in [0.2, 0.25) is 17.3 Å². The fourth-order valence-corrected chi connectivity index (χ4v) is 4.09. The predicted octanol–water partition coefficient (Wildman–Crippen LogP) is 4.21. The molecule has 0 radical (unpaired) electrons. The topological polar surface area (TPSA) is 121 Å². The van der Waals surface area contributed by atoms with Gasteiger partial charge in [-0.1, -0.05) is 36.9 Å². The van der Waals surface area contributed by atoms with Crippen molar-refractivity contribution >= 4 is 23.1 Å². The van der Waals surface area contributed by atoms with Gasteiger partial charge in [-0.2, -0.15) is 10.2 Å². The number of ether oxygens (including phenoxy) is 1. The van der Waals surface area contributed by atoms with E-state index in [0.29, 0.717) is 28.3 Å². The number of para-hydroxylation sites is 1. The summed E-state index contributed by atoms with van der Waals surface area (Å²) in [4.78, 5) is 4.61. The van der Waals surface area contributed by atoms with Crippen LogP contribution in [0.25, 0.3) is 22.6 Å². The molecule has 3 N–H and O–H groups in total. The summed E-state index contributed by atoms with van der Waals surface area (Å²) in [5.41, 5.74) is 3.23. The monoisotopic (exact) mass is 463 g/mol. The number of anilines is 1. The van der Waals surface area contributed by atoms with Crippen molar-refractivity contribution in [2.24, 2.45) is 0 Å². The Labute approximate surface area is 194 Å². The summed E-state index contributed by atoms with van der Waals surface area (Å²) in [5.74, 6) is 2.43. The minimum atomic E-state index is -0.970. The molecule has 2 atom stereocenters. The molecule has 0 saturated carbocycles. The molecule has 3 heterocycles. The van der Waals surface area contributed by atoms with Crippen LogP contribution in [0.5, 0.6) is 5.88 Å². The molecule has 10 heteroatoms. The maximum absolute atomic E-state index is 11.1. The quantitative estimate of drug-likeness (QED) is 0.285. The van der Waals surface area contributed by atoms with Gasteiger partial charge >= 0.3 is 0 Å². The van der Waals surface area contributed by atoms with Crippen molar-refractivity contribution < 1.29 is 19.6 Å². The van der Waals surface area contributed by atoms with Gasteiger partial charge in [-0.05, 0) is 36.8 Å². The number of hydrogen-bond acceptors (Lipinski definition) is 9. The molecule has 9 nitrogen and oxygen atoms in total. The number of benzene rings is 2. The van der Waals surface area contributed by atoms with Crippen LogP contribution in [-0.2, 0) is 0 Å². The van der Waals surface area contributed by atoms with E-state index in [4.69, 9.17) is 14.4 Å². The lowest BCUT2D eigenvalue weighted by atomic mass is 10.1. The van der Waals surface area contributed by atoms with Gasteiger partial charge < -0.3 is 19.7 Å². The van der Waals surface area contributed by atoms with Crippen LogP contribution in [0.2, 0.25) is 0 Å². The normalized spacial score (nSPS) is 15.5. The third-order valence-corrected chi connectivity index (χ3v) is 6.11. The molecule has 2 aromatic heterocycles. The first-order valence-corrected chi connectivity index (χ1v) is 11.4. The van der Waals surface area contributed by atoms with Crippen molar-refractivity contribution in [3.63, 3.8) is 0 Å². The van der Waals surface area contributed by atoms with E-state index in [9.17, 15) is 5.21 Å². The Morgan fingerprint density at radius 2 is 1.91 bits per heavy atom. The minimum Gasteiger partial charge on any atom is -0.595 e. The van der Waals surface area contributed by atoms with Gasteiger partial charge in [-0.15, -0.1) is 10.2 Å². The number of quaternary nitrogens is 1. The summed E-state index contributed by atoms with van der Waals surface area (Å²) in [6.45, 7) is 2.10. The largest absolute Gasteiger partial charge is 0.595 e. The SMILES string of the molecule is CCCSc1nnc2c(n1)OC(c1ccc(-c3ccc([NH+]([O-])O)cc3)o1)Nc1ccccc1-2. The van der Waals surface area contributed by atoms with Gasteiger partial charge in [0, 0.05) is 34.7 Å². The minimum absolute atomic E-state index is 0.219. The lowest BCUT2D eigenvalue weighted by Crippen LogP contribution is -2.99. The van der Waals surface area contributed by atoms with Crippen LogP contribution in [0.1, 0.15) is 25.3 Å². The number of hydrogen-bond donors (Lipinski definition) is 3. The van der Waals surface area contributed by atoms with Gasteiger partial charge in [0.15, 0.2) is 17.1 Å². The zero-order valence-electron chi connectivity index (χ0n) is 17.7. The fraction of sp³-hybridized carbons (Fsp3) is 0.174. The standard InChI is InChI=1S/C23H21N5O4S/c1-2-13-33-23-25-22-20(26-27-23)16-5-3-4-6-17(16)24-21(32-22)19-12-11-18(31-19)14-7-9-15(10-8-14)28(29)30/h3-12,21,24,28-29H,2,13H2,1H3. The van der Waals surface area contributed by atoms with Crippen LogP contribution in [-0.4, -0.2) is 26.1 Å². The van der Waals surface area contributed by atoms with E-state index in [1.165, 1.54) is 11.8 Å². The summed E-state index contributed by atoms with van der Waals surface area (Å²) in [7, 11) is 0. The average molecular weight is 464 g/mol. The van der Waals surface area contributed by atoms with Crippen molar-refractivity contribution in [1.29, 1.82) is 0 Å². The van der Waals surface area contributed by atoms with Crippen molar-refractivity contribution in [3.8, 4) is 28.5 Å². The van der Waals surface area contributed by atoms with Crippen molar-refractivity contribution in [2.75, 3.05) is 11.1 Å². The van der Waals surface area contributed by atoms with Crippen molar-refractivity contribution in [2.45, 2.75) is 24.7 Å². The summed E-state index contributed by atoms with van der Waals surface area (Å²) < 4.78 is 12.3. The molecule has 0 aliphatic carbocycles. The Kier molecular flexibility index (Phi) is 5.97. The molecule has 0 fully saturated rings. The Morgan fingerprint density at radius 1 is 1.09 bits per heavy atom. The Bertz CT molecular complexity index is 1260. The fourth-order valence-electron chi connectivity index (χ4n) is 3.46. The Hall–Kier alpha value is -3.44. The third-order valence-electron chi connectivity index (χ3n) is 5.07. The highest BCUT2D eigenvalue weighted by Gasteiger charge is 2.28. The van der Waals surface area contributed by atoms with Gasteiger partial charge in [-0.25, -0.2) is 5.21 Å². The molecule has 2 unspecified atom stereocenters.